The third-order valence-corrected chi connectivity index (χ3v) is 11.1. The maximum Gasteiger partial charge on any atom is -0.0354 e. The molecule has 0 N–H and O–H groups in total. The summed E-state index contributed by atoms with van der Waals surface area (Å²) in [4.78, 5) is 0. The predicted molar refractivity (Wildman–Crippen MR) is 336 cm³/mol. The highest BCUT2D eigenvalue weighted by atomic mass is 14.3. The summed E-state index contributed by atoms with van der Waals surface area (Å²) in [6, 6.07) is 0. The topological polar surface area (TPSA) is 0 Å². The molecule has 4 fully saturated rings. The van der Waals surface area contributed by atoms with Gasteiger partial charge in [0.25, 0.3) is 0 Å². The zero-order chi connectivity index (χ0) is 57.0. The van der Waals surface area contributed by atoms with Crippen molar-refractivity contribution in [1.29, 1.82) is 0 Å². The van der Waals surface area contributed by atoms with E-state index in [1.165, 1.54) is 135 Å². The molecule has 430 valence electrons. The fourth-order valence-corrected chi connectivity index (χ4v) is 4.44. The van der Waals surface area contributed by atoms with Crippen molar-refractivity contribution in [2.75, 3.05) is 0 Å². The second-order valence-corrected chi connectivity index (χ2v) is 25.0. The normalized spacial score (nSPS) is 15.5. The van der Waals surface area contributed by atoms with Gasteiger partial charge in [0.15, 0.2) is 0 Å². The van der Waals surface area contributed by atoms with E-state index in [-0.39, 0.29) is 0 Å². The Hall–Kier alpha value is 0. The molecule has 0 atom stereocenters. The minimum atomic E-state index is 0.500. The molecule has 68 heavy (non-hydrogen) atoms. The van der Waals surface area contributed by atoms with Gasteiger partial charge in [0, 0.05) is 0 Å². The van der Waals surface area contributed by atoms with Gasteiger partial charge in [0.2, 0.25) is 0 Å². The molecule has 0 nitrogen and oxygen atoms in total. The molecule has 0 amide bonds. The van der Waals surface area contributed by atoms with E-state index >= 15 is 0 Å². The molecule has 0 aliphatic heterocycles. The van der Waals surface area contributed by atoms with Gasteiger partial charge in [-0.3, -0.25) is 0 Å². The first-order chi connectivity index (χ1) is 31.3. The van der Waals surface area contributed by atoms with Crippen molar-refractivity contribution >= 4 is 0 Å². The average Bonchev–Trinajstić information content (AvgIpc) is 3.93. The fourth-order valence-electron chi connectivity index (χ4n) is 4.44. The lowest BCUT2D eigenvalue weighted by Gasteiger charge is -2.32. The Bertz CT molecular complexity index is 677. The quantitative estimate of drug-likeness (QED) is 0.263. The van der Waals surface area contributed by atoms with Gasteiger partial charge in [-0.05, 0) is 76.4 Å². The monoisotopic (exact) mass is 975 g/mol. The third-order valence-electron chi connectivity index (χ3n) is 11.1. The first kappa shape index (κ1) is 94.0. The molecule has 4 rings (SSSR count). The van der Waals surface area contributed by atoms with E-state index in [1.807, 2.05) is 55.4 Å². The largest absolute Gasteiger partial charge is 0.0683 e. The lowest BCUT2D eigenvalue weighted by molar-refractivity contribution is 0.201. The number of hydrogen-bond donors (Lipinski definition) is 0. The van der Waals surface area contributed by atoms with Crippen molar-refractivity contribution in [2.45, 2.75) is 384 Å². The Morgan fingerprint density at radius 1 is 0.382 bits per heavy atom. The lowest BCUT2D eigenvalue weighted by Crippen LogP contribution is -2.19. The SMILES string of the molecule is CC.CC.CC.CC.CC(C)(C)C.CC(C)C.CC1CC1.CC1CCC(C)(C)CC1.CC1CCCC1.CC1CCCCC1.CCC.CCC(C)(C)C.CCC(C)C.CCC(C)C.CCC(C)CC. The zero-order valence-corrected chi connectivity index (χ0v) is 57.0. The summed E-state index contributed by atoms with van der Waals surface area (Å²) in [5.41, 5.74) is 1.70. The van der Waals surface area contributed by atoms with Gasteiger partial charge < -0.3 is 0 Å². The highest BCUT2D eigenvalue weighted by Gasteiger charge is 2.24. The molecule has 0 saturated heterocycles. The van der Waals surface area contributed by atoms with Gasteiger partial charge in [-0.25, -0.2) is 0 Å². The Morgan fingerprint density at radius 2 is 0.559 bits per heavy atom. The van der Waals surface area contributed by atoms with E-state index in [0.717, 1.165) is 47.3 Å². The zero-order valence-electron chi connectivity index (χ0n) is 57.0. The molecule has 0 spiro atoms. The van der Waals surface area contributed by atoms with E-state index < -0.39 is 0 Å². The highest BCUT2D eigenvalue weighted by molar-refractivity contribution is 4.76. The molecular formula is C68H158. The summed E-state index contributed by atoms with van der Waals surface area (Å²) >= 11 is 0. The van der Waals surface area contributed by atoms with Crippen LogP contribution in [0, 0.1) is 63.6 Å². The first-order valence-electron chi connectivity index (χ1n) is 31.3. The second-order valence-electron chi connectivity index (χ2n) is 25.0. The van der Waals surface area contributed by atoms with Crippen LogP contribution in [0.15, 0.2) is 0 Å². The maximum absolute atomic E-state index is 2.39. The van der Waals surface area contributed by atoms with Gasteiger partial charge in [-0.2, -0.15) is 0 Å². The third kappa shape index (κ3) is 166. The average molecular weight is 976 g/mol. The molecule has 4 aliphatic rings. The first-order valence-corrected chi connectivity index (χ1v) is 31.3. The van der Waals surface area contributed by atoms with Gasteiger partial charge >= 0.3 is 0 Å². The van der Waals surface area contributed by atoms with E-state index in [9.17, 15) is 0 Å². The molecule has 0 heteroatoms. The van der Waals surface area contributed by atoms with Gasteiger partial charge in [0.05, 0.1) is 0 Å². The van der Waals surface area contributed by atoms with E-state index in [2.05, 4.69) is 194 Å². The molecule has 0 aromatic carbocycles. The van der Waals surface area contributed by atoms with Crippen LogP contribution in [-0.2, 0) is 0 Å². The summed E-state index contributed by atoms with van der Waals surface area (Å²) in [6.07, 6.45) is 29.9. The van der Waals surface area contributed by atoms with Crippen molar-refractivity contribution in [3.63, 3.8) is 0 Å². The molecule has 0 aromatic rings. The molecule has 0 aromatic heterocycles. The molecular weight excluding hydrogens is 817 g/mol. The van der Waals surface area contributed by atoms with Crippen LogP contribution in [-0.4, -0.2) is 0 Å². The van der Waals surface area contributed by atoms with Crippen LogP contribution in [0.25, 0.3) is 0 Å². The Morgan fingerprint density at radius 3 is 0.632 bits per heavy atom. The lowest BCUT2D eigenvalue weighted by atomic mass is 9.74. The van der Waals surface area contributed by atoms with E-state index in [4.69, 9.17) is 0 Å². The summed E-state index contributed by atoms with van der Waals surface area (Å²) in [7, 11) is 0. The summed E-state index contributed by atoms with van der Waals surface area (Å²) < 4.78 is 0. The molecule has 0 heterocycles. The Labute approximate surface area is 445 Å². The Kier molecular flexibility index (Phi) is 102. The van der Waals surface area contributed by atoms with Crippen LogP contribution in [0.4, 0.5) is 0 Å². The van der Waals surface area contributed by atoms with Crippen molar-refractivity contribution in [3.05, 3.63) is 0 Å². The summed E-state index contributed by atoms with van der Waals surface area (Å²) in [5, 5.41) is 0. The van der Waals surface area contributed by atoms with Gasteiger partial charge in [-0.1, -0.05) is 371 Å². The number of rotatable bonds is 4. The van der Waals surface area contributed by atoms with Crippen LogP contribution >= 0.6 is 0 Å². The van der Waals surface area contributed by atoms with Gasteiger partial charge in [0.1, 0.15) is 0 Å². The molecule has 0 unspecified atom stereocenters. The van der Waals surface area contributed by atoms with Crippen LogP contribution in [0.2, 0.25) is 0 Å². The van der Waals surface area contributed by atoms with Crippen LogP contribution in [0.1, 0.15) is 384 Å². The smallest absolute Gasteiger partial charge is 0.0354 e. The van der Waals surface area contributed by atoms with E-state index in [0.29, 0.717) is 16.2 Å². The molecule has 0 radical (unpaired) electrons. The highest BCUT2D eigenvalue weighted by Crippen LogP contribution is 2.37. The fraction of sp³-hybridized carbons (Fsp3) is 1.00. The van der Waals surface area contributed by atoms with Crippen molar-refractivity contribution in [2.24, 2.45) is 63.6 Å². The molecule has 0 bridgehead atoms. The summed E-state index contributed by atoms with van der Waals surface area (Å²) in [5.74, 6) is 7.70. The number of hydrogen-bond acceptors (Lipinski definition) is 0. The van der Waals surface area contributed by atoms with Crippen LogP contribution < -0.4 is 0 Å². The minimum Gasteiger partial charge on any atom is -0.0683 e. The molecule has 4 aliphatic carbocycles. The van der Waals surface area contributed by atoms with Crippen molar-refractivity contribution in [3.8, 4) is 0 Å². The van der Waals surface area contributed by atoms with Crippen LogP contribution in [0.3, 0.4) is 0 Å². The minimum absolute atomic E-state index is 0.500. The second kappa shape index (κ2) is 73.5. The van der Waals surface area contributed by atoms with Gasteiger partial charge in [-0.15, -0.1) is 0 Å². The van der Waals surface area contributed by atoms with Crippen LogP contribution in [0.5, 0.6) is 0 Å². The maximum atomic E-state index is 2.39. The summed E-state index contributed by atoms with van der Waals surface area (Å²) in [6.45, 7) is 78.6. The predicted octanol–water partition coefficient (Wildman–Crippen LogP) is 27.6. The van der Waals surface area contributed by atoms with E-state index in [1.54, 1.807) is 0 Å². The van der Waals surface area contributed by atoms with Crippen molar-refractivity contribution < 1.29 is 0 Å². The standard InChI is InChI=1S/C9H18.C7H14.C6H12.2C6H14.3C5H12.C4H8.C4H10.C3H8.4C2H6/c1-8-4-6-9(2,3)7-5-8;1-7-5-3-2-4-6-7;1-6-4-2-3-5-6;1-5-6(2,3)4;1-4-6(3)5-2;1-5(2,3)4;2*1-4-5(2)3;1-4-2-3-4;1-4(2)3;1-3-2;4*1-2/h8H,4-7H2,1-3H3;7H,2-6H2,1H3;6H,2-5H2,1H3;5H2,1-4H3;6H,4-5H2,1-3H3;1-4H3;2*5H,4H2,1-3H3;4H,2-3H2,1H3;4H,1-3H3;3H2,1-2H3;4*1-2H3. The molecule has 4 saturated carbocycles. The van der Waals surface area contributed by atoms with Crippen molar-refractivity contribution in [1.82, 2.24) is 0 Å². The Balaban J connectivity index is -0.0000000581.